The highest BCUT2D eigenvalue weighted by Crippen LogP contribution is 2.20. The molecule has 2 N–H and O–H groups in total. The van der Waals surface area contributed by atoms with Gasteiger partial charge in [-0.2, -0.15) is 0 Å². The highest BCUT2D eigenvalue weighted by Gasteiger charge is 2.07. The van der Waals surface area contributed by atoms with E-state index in [0.29, 0.717) is 12.4 Å². The number of benzene rings is 1. The summed E-state index contributed by atoms with van der Waals surface area (Å²) < 4.78 is 4.96. The van der Waals surface area contributed by atoms with Crippen molar-refractivity contribution in [1.82, 2.24) is 5.32 Å². The highest BCUT2D eigenvalue weighted by atomic mass is 32.2. The number of hydrogen-bond donors (Lipinski definition) is 2. The van der Waals surface area contributed by atoms with Gasteiger partial charge in [-0.1, -0.05) is 0 Å². The summed E-state index contributed by atoms with van der Waals surface area (Å²) in [7, 11) is 1.61. The molecule has 0 fully saturated rings. The monoisotopic (exact) mass is 296 g/mol. The average Bonchev–Trinajstić information content (AvgIpc) is 2.37. The van der Waals surface area contributed by atoms with Crippen molar-refractivity contribution in [3.63, 3.8) is 0 Å². The molecule has 0 saturated heterocycles. The highest BCUT2D eigenvalue weighted by molar-refractivity contribution is 8.00. The van der Waals surface area contributed by atoms with Gasteiger partial charge in [0.25, 0.3) is 0 Å². The molecular weight excluding hydrogens is 276 g/mol. The second-order valence-corrected chi connectivity index (χ2v) is 5.47. The maximum absolute atomic E-state index is 11.7. The maximum atomic E-state index is 11.7. The number of ether oxygens (including phenoxy) is 1. The second kappa shape index (κ2) is 8.60. The van der Waals surface area contributed by atoms with Gasteiger partial charge in [0, 0.05) is 30.7 Å². The molecule has 6 heteroatoms. The van der Waals surface area contributed by atoms with Gasteiger partial charge in [-0.25, -0.2) is 0 Å². The van der Waals surface area contributed by atoms with Gasteiger partial charge in [-0.3, -0.25) is 9.59 Å². The maximum Gasteiger partial charge on any atom is 0.230 e. The molecule has 1 rings (SSSR count). The Morgan fingerprint density at radius 1 is 1.30 bits per heavy atom. The van der Waals surface area contributed by atoms with E-state index in [9.17, 15) is 9.59 Å². The molecule has 0 aliphatic rings. The summed E-state index contributed by atoms with van der Waals surface area (Å²) in [6.07, 6.45) is 0. The molecule has 0 spiro atoms. The lowest BCUT2D eigenvalue weighted by Gasteiger charge is -2.12. The van der Waals surface area contributed by atoms with Crippen LogP contribution in [0.2, 0.25) is 0 Å². The lowest BCUT2D eigenvalue weighted by atomic mass is 10.3. The Morgan fingerprint density at radius 2 is 1.95 bits per heavy atom. The van der Waals surface area contributed by atoms with Crippen LogP contribution in [0.3, 0.4) is 0 Å². The lowest BCUT2D eigenvalue weighted by Crippen LogP contribution is -2.36. The van der Waals surface area contributed by atoms with Crippen LogP contribution in [0.15, 0.2) is 29.2 Å². The molecule has 0 saturated carbocycles. The lowest BCUT2D eigenvalue weighted by molar-refractivity contribution is -0.119. The van der Waals surface area contributed by atoms with Crippen molar-refractivity contribution < 1.29 is 14.3 Å². The minimum atomic E-state index is -0.100. The molecule has 0 aromatic heterocycles. The van der Waals surface area contributed by atoms with Gasteiger partial charge in [0.05, 0.1) is 12.4 Å². The topological polar surface area (TPSA) is 67.4 Å². The third-order valence-electron chi connectivity index (χ3n) is 2.37. The minimum Gasteiger partial charge on any atom is -0.383 e. The number of rotatable bonds is 7. The molecule has 1 aromatic rings. The van der Waals surface area contributed by atoms with Crippen molar-refractivity contribution in [3.8, 4) is 0 Å². The van der Waals surface area contributed by atoms with E-state index in [0.717, 1.165) is 10.6 Å². The fourth-order valence-corrected chi connectivity index (χ4v) is 2.30. The first-order valence-electron chi connectivity index (χ1n) is 6.30. The van der Waals surface area contributed by atoms with E-state index in [-0.39, 0.29) is 17.9 Å². The summed E-state index contributed by atoms with van der Waals surface area (Å²) in [6, 6.07) is 7.39. The fraction of sp³-hybridized carbons (Fsp3) is 0.429. The quantitative estimate of drug-likeness (QED) is 0.754. The standard InChI is InChI=1S/C14H20N2O3S/c1-10(8-19-3)15-14(18)9-20-13-6-4-12(5-7-13)16-11(2)17/h4-7,10H,8-9H2,1-3H3,(H,15,18)(H,16,17). The van der Waals surface area contributed by atoms with E-state index < -0.39 is 0 Å². The molecule has 0 aliphatic carbocycles. The van der Waals surface area contributed by atoms with Gasteiger partial charge in [-0.15, -0.1) is 11.8 Å². The Labute approximate surface area is 123 Å². The van der Waals surface area contributed by atoms with E-state index in [1.54, 1.807) is 7.11 Å². The predicted octanol–water partition coefficient (Wildman–Crippen LogP) is 1.89. The van der Waals surface area contributed by atoms with Gasteiger partial charge in [0.1, 0.15) is 0 Å². The number of hydrogen-bond acceptors (Lipinski definition) is 4. The molecule has 0 aliphatic heterocycles. The minimum absolute atomic E-state index is 0.00948. The second-order valence-electron chi connectivity index (χ2n) is 4.42. The van der Waals surface area contributed by atoms with Crippen LogP contribution in [0.5, 0.6) is 0 Å². The number of thioether (sulfide) groups is 1. The first-order valence-corrected chi connectivity index (χ1v) is 7.28. The fourth-order valence-electron chi connectivity index (χ4n) is 1.59. The number of amides is 2. The molecule has 0 heterocycles. The van der Waals surface area contributed by atoms with E-state index in [1.807, 2.05) is 31.2 Å². The molecule has 0 bridgehead atoms. The van der Waals surface area contributed by atoms with Gasteiger partial charge in [-0.05, 0) is 31.2 Å². The molecule has 1 aromatic carbocycles. The molecule has 1 unspecified atom stereocenters. The Balaban J connectivity index is 2.38. The molecule has 20 heavy (non-hydrogen) atoms. The largest absolute Gasteiger partial charge is 0.383 e. The molecule has 5 nitrogen and oxygen atoms in total. The molecular formula is C14H20N2O3S. The van der Waals surface area contributed by atoms with E-state index in [1.165, 1.54) is 18.7 Å². The summed E-state index contributed by atoms with van der Waals surface area (Å²) in [6.45, 7) is 3.87. The summed E-state index contributed by atoms with van der Waals surface area (Å²) in [5, 5.41) is 5.54. The van der Waals surface area contributed by atoms with Crippen molar-refractivity contribution in [2.45, 2.75) is 24.8 Å². The molecule has 0 radical (unpaired) electrons. The zero-order valence-electron chi connectivity index (χ0n) is 11.9. The Bertz CT molecular complexity index is 448. The van der Waals surface area contributed by atoms with Crippen molar-refractivity contribution in [2.75, 3.05) is 24.8 Å². The van der Waals surface area contributed by atoms with E-state index >= 15 is 0 Å². The van der Waals surface area contributed by atoms with Crippen LogP contribution in [-0.4, -0.2) is 37.3 Å². The van der Waals surface area contributed by atoms with Crippen LogP contribution in [0.4, 0.5) is 5.69 Å². The van der Waals surface area contributed by atoms with Gasteiger partial charge in [0.2, 0.25) is 11.8 Å². The Hall–Kier alpha value is -1.53. The van der Waals surface area contributed by atoms with E-state index in [4.69, 9.17) is 4.74 Å². The zero-order valence-corrected chi connectivity index (χ0v) is 12.8. The van der Waals surface area contributed by atoms with Crippen molar-refractivity contribution >= 4 is 29.3 Å². The van der Waals surface area contributed by atoms with Gasteiger partial charge in [0.15, 0.2) is 0 Å². The summed E-state index contributed by atoms with van der Waals surface area (Å²) in [5.41, 5.74) is 0.750. The first-order chi connectivity index (χ1) is 9.51. The normalized spacial score (nSPS) is 11.8. The number of anilines is 1. The van der Waals surface area contributed by atoms with Crippen molar-refractivity contribution in [3.05, 3.63) is 24.3 Å². The SMILES string of the molecule is COCC(C)NC(=O)CSc1ccc(NC(C)=O)cc1. The Kier molecular flexibility index (Phi) is 7.11. The van der Waals surface area contributed by atoms with E-state index in [2.05, 4.69) is 10.6 Å². The van der Waals surface area contributed by atoms with Crippen LogP contribution in [0.25, 0.3) is 0 Å². The van der Waals surface area contributed by atoms with Crippen molar-refractivity contribution in [1.29, 1.82) is 0 Å². The number of nitrogens with one attached hydrogen (secondary N) is 2. The van der Waals surface area contributed by atoms with Crippen LogP contribution < -0.4 is 10.6 Å². The van der Waals surface area contributed by atoms with Gasteiger partial charge < -0.3 is 15.4 Å². The van der Waals surface area contributed by atoms with Crippen LogP contribution in [0.1, 0.15) is 13.8 Å². The summed E-state index contributed by atoms with van der Waals surface area (Å²) in [5.74, 6) is 0.232. The number of carbonyl (C=O) groups excluding carboxylic acids is 2. The third kappa shape index (κ3) is 6.58. The number of methoxy groups -OCH3 is 1. The predicted molar refractivity (Wildman–Crippen MR) is 81.0 cm³/mol. The smallest absolute Gasteiger partial charge is 0.230 e. The molecule has 1 atom stereocenters. The third-order valence-corrected chi connectivity index (χ3v) is 3.38. The van der Waals surface area contributed by atoms with Gasteiger partial charge >= 0.3 is 0 Å². The summed E-state index contributed by atoms with van der Waals surface area (Å²) in [4.78, 5) is 23.5. The number of carbonyl (C=O) groups is 2. The first kappa shape index (κ1) is 16.5. The molecule has 110 valence electrons. The average molecular weight is 296 g/mol. The summed E-state index contributed by atoms with van der Waals surface area (Å²) >= 11 is 1.45. The van der Waals surface area contributed by atoms with Crippen LogP contribution in [-0.2, 0) is 14.3 Å². The van der Waals surface area contributed by atoms with Crippen LogP contribution >= 0.6 is 11.8 Å². The van der Waals surface area contributed by atoms with Crippen LogP contribution in [0, 0.1) is 0 Å². The molecule has 2 amide bonds. The van der Waals surface area contributed by atoms with Crippen molar-refractivity contribution in [2.24, 2.45) is 0 Å². The Morgan fingerprint density at radius 3 is 2.50 bits per heavy atom. The zero-order chi connectivity index (χ0) is 15.0.